The van der Waals surface area contributed by atoms with Gasteiger partial charge in [-0.15, -0.1) is 0 Å². The monoisotopic (exact) mass is 587 g/mol. The predicted octanol–water partition coefficient (Wildman–Crippen LogP) is 5.75. The Morgan fingerprint density at radius 1 is 0.810 bits per heavy atom. The van der Waals surface area contributed by atoms with Crippen LogP contribution in [-0.2, 0) is 30.2 Å². The molecule has 2 rings (SSSR count). The maximum absolute atomic E-state index is 12.6. The molecule has 0 spiro atoms. The molecule has 11 heteroatoms. The van der Waals surface area contributed by atoms with Gasteiger partial charge in [0, 0.05) is 0 Å². The molecule has 0 unspecified atom stereocenters. The average molecular weight is 588 g/mol. The van der Waals surface area contributed by atoms with E-state index in [2.05, 4.69) is 0 Å². The van der Waals surface area contributed by atoms with Gasteiger partial charge in [0.05, 0.1) is 5.56 Å². The Labute approximate surface area is 246 Å². The number of carbonyl (C=O) groups excluding carboxylic acids is 4. The molecule has 0 aromatic heterocycles. The number of rotatable bonds is 13. The summed E-state index contributed by atoms with van der Waals surface area (Å²) in [5.74, 6) is -1.49. The Kier molecular flexibility index (Phi) is 12.3. The van der Waals surface area contributed by atoms with Gasteiger partial charge >= 0.3 is 24.2 Å². The quantitative estimate of drug-likeness (QED) is 0.173. The van der Waals surface area contributed by atoms with Crippen LogP contribution in [0.2, 0.25) is 0 Å². The molecule has 0 saturated carbocycles. The molecule has 11 nitrogen and oxygen atoms in total. The Morgan fingerprint density at radius 2 is 1.36 bits per heavy atom. The van der Waals surface area contributed by atoms with Crippen LogP contribution in [-0.4, -0.2) is 54.2 Å². The van der Waals surface area contributed by atoms with E-state index in [-0.39, 0.29) is 24.5 Å². The molecule has 2 N–H and O–H groups in total. The number of nitrogens with two attached hydrogens (primary N) is 1. The zero-order chi connectivity index (χ0) is 31.5. The number of ether oxygens (including phenoxy) is 6. The topological polar surface area (TPSA) is 150 Å². The van der Waals surface area contributed by atoms with Gasteiger partial charge in [0.15, 0.2) is 11.5 Å². The average Bonchev–Trinajstić information content (AvgIpc) is 2.92. The van der Waals surface area contributed by atoms with Gasteiger partial charge in [0.2, 0.25) is 0 Å². The van der Waals surface area contributed by atoms with Crippen molar-refractivity contribution in [2.24, 2.45) is 5.73 Å². The van der Waals surface area contributed by atoms with Crippen LogP contribution >= 0.6 is 0 Å². The zero-order valence-corrected chi connectivity index (χ0v) is 25.3. The van der Waals surface area contributed by atoms with Gasteiger partial charge in [-0.2, -0.15) is 0 Å². The summed E-state index contributed by atoms with van der Waals surface area (Å²) in [6, 6.07) is 11.7. The van der Waals surface area contributed by atoms with E-state index in [1.54, 1.807) is 71.0 Å². The maximum atomic E-state index is 12.6. The molecule has 42 heavy (non-hydrogen) atoms. The molecule has 2 aromatic carbocycles. The molecule has 0 saturated heterocycles. The largest absolute Gasteiger partial charge is 0.514 e. The third-order valence-electron chi connectivity index (χ3n) is 6.35. The molecule has 230 valence electrons. The highest BCUT2D eigenvalue weighted by Crippen LogP contribution is 2.31. The first-order valence-corrected chi connectivity index (χ1v) is 13.8. The SMILES string of the molecule is CCC(C)(C)OC(=O)Oc1ccc(C[C@H](N)C(=O)O[C@@H](C)COC(=O)c2ccccc2)cc1OC(=O)OC(C)(C)CC. The van der Waals surface area contributed by atoms with Crippen molar-refractivity contribution < 1.29 is 47.6 Å². The van der Waals surface area contributed by atoms with E-state index in [0.717, 1.165) is 0 Å². The molecule has 0 aliphatic rings. The third kappa shape index (κ3) is 11.4. The second-order valence-electron chi connectivity index (χ2n) is 10.9. The van der Waals surface area contributed by atoms with Gasteiger partial charge in [-0.25, -0.2) is 14.4 Å². The van der Waals surface area contributed by atoms with E-state index in [0.29, 0.717) is 24.0 Å². The van der Waals surface area contributed by atoms with Crippen LogP contribution in [0.3, 0.4) is 0 Å². The number of hydrogen-bond acceptors (Lipinski definition) is 11. The van der Waals surface area contributed by atoms with Gasteiger partial charge < -0.3 is 34.2 Å². The Balaban J connectivity index is 2.09. The normalized spacial score (nSPS) is 12.9. The lowest BCUT2D eigenvalue weighted by Crippen LogP contribution is -2.37. The number of carbonyl (C=O) groups is 4. The van der Waals surface area contributed by atoms with Gasteiger partial charge in [0.25, 0.3) is 0 Å². The molecule has 0 aliphatic heterocycles. The van der Waals surface area contributed by atoms with E-state index in [1.807, 2.05) is 13.8 Å². The van der Waals surface area contributed by atoms with Crippen LogP contribution < -0.4 is 15.2 Å². The lowest BCUT2D eigenvalue weighted by Gasteiger charge is -2.24. The predicted molar refractivity (Wildman–Crippen MR) is 153 cm³/mol. The van der Waals surface area contributed by atoms with Gasteiger partial charge in [-0.3, -0.25) is 4.79 Å². The van der Waals surface area contributed by atoms with Crippen LogP contribution in [0.15, 0.2) is 48.5 Å². The lowest BCUT2D eigenvalue weighted by atomic mass is 10.1. The first-order valence-electron chi connectivity index (χ1n) is 13.8. The summed E-state index contributed by atoms with van der Waals surface area (Å²) in [4.78, 5) is 49.7. The van der Waals surface area contributed by atoms with Crippen molar-refractivity contribution in [2.75, 3.05) is 6.61 Å². The summed E-state index contributed by atoms with van der Waals surface area (Å²) in [7, 11) is 0. The van der Waals surface area contributed by atoms with Gasteiger partial charge in [-0.05, 0) is 83.7 Å². The lowest BCUT2D eigenvalue weighted by molar-refractivity contribution is -0.151. The second kappa shape index (κ2) is 15.2. The highest BCUT2D eigenvalue weighted by Gasteiger charge is 2.27. The van der Waals surface area contributed by atoms with E-state index in [1.165, 1.54) is 12.1 Å². The molecule has 2 atom stereocenters. The zero-order valence-electron chi connectivity index (χ0n) is 25.3. The highest BCUT2D eigenvalue weighted by molar-refractivity contribution is 5.89. The van der Waals surface area contributed by atoms with Crippen LogP contribution in [0.5, 0.6) is 11.5 Å². The maximum Gasteiger partial charge on any atom is 0.514 e. The summed E-state index contributed by atoms with van der Waals surface area (Å²) in [5, 5.41) is 0. The van der Waals surface area contributed by atoms with E-state index >= 15 is 0 Å². The Morgan fingerprint density at radius 3 is 1.90 bits per heavy atom. The van der Waals surface area contributed by atoms with E-state index < -0.39 is 47.6 Å². The summed E-state index contributed by atoms with van der Waals surface area (Å²) in [6.07, 6.45) is -1.66. The number of esters is 2. The van der Waals surface area contributed by atoms with Crippen molar-refractivity contribution in [3.8, 4) is 11.5 Å². The molecular weight excluding hydrogens is 546 g/mol. The van der Waals surface area contributed by atoms with Crippen LogP contribution in [0, 0.1) is 0 Å². The first kappa shape index (κ1) is 34.1. The van der Waals surface area contributed by atoms with Crippen molar-refractivity contribution in [1.29, 1.82) is 0 Å². The Hall–Kier alpha value is -4.12. The van der Waals surface area contributed by atoms with Crippen molar-refractivity contribution in [3.63, 3.8) is 0 Å². The van der Waals surface area contributed by atoms with E-state index in [9.17, 15) is 19.2 Å². The summed E-state index contributed by atoms with van der Waals surface area (Å²) < 4.78 is 31.9. The number of benzene rings is 2. The fraction of sp³-hybridized carbons (Fsp3) is 0.484. The summed E-state index contributed by atoms with van der Waals surface area (Å²) >= 11 is 0. The van der Waals surface area contributed by atoms with Crippen molar-refractivity contribution in [1.82, 2.24) is 0 Å². The van der Waals surface area contributed by atoms with Crippen molar-refractivity contribution >= 4 is 24.2 Å². The highest BCUT2D eigenvalue weighted by atomic mass is 16.8. The minimum absolute atomic E-state index is 0.00515. The summed E-state index contributed by atoms with van der Waals surface area (Å²) in [5.41, 5.74) is 5.37. The fourth-order valence-corrected chi connectivity index (χ4v) is 3.17. The standard InChI is InChI=1S/C31H41NO10/c1-8-30(4,5)41-28(35)39-24-16-15-21(18-25(24)40-29(36)42-31(6,7)9-2)17-23(32)27(34)38-20(3)19-37-26(33)22-13-11-10-12-14-22/h10-16,18,20,23H,8-9,17,19,32H2,1-7H3/t20-,23-/m0/s1. The molecule has 0 heterocycles. The minimum atomic E-state index is -1.10. The fourth-order valence-electron chi connectivity index (χ4n) is 3.17. The van der Waals surface area contributed by atoms with E-state index in [4.69, 9.17) is 34.2 Å². The second-order valence-corrected chi connectivity index (χ2v) is 10.9. The third-order valence-corrected chi connectivity index (χ3v) is 6.35. The van der Waals surface area contributed by atoms with Crippen LogP contribution in [0.1, 0.15) is 77.2 Å². The van der Waals surface area contributed by atoms with Gasteiger partial charge in [-0.1, -0.05) is 38.1 Å². The summed E-state index contributed by atoms with van der Waals surface area (Å²) in [6.45, 7) is 12.0. The molecule has 0 radical (unpaired) electrons. The Bertz CT molecular complexity index is 1230. The smallest absolute Gasteiger partial charge is 0.458 e. The van der Waals surface area contributed by atoms with Gasteiger partial charge in [0.1, 0.15) is 30.0 Å². The van der Waals surface area contributed by atoms with Crippen molar-refractivity contribution in [3.05, 3.63) is 59.7 Å². The number of hydrogen-bond donors (Lipinski definition) is 1. The minimum Gasteiger partial charge on any atom is -0.458 e. The first-order chi connectivity index (χ1) is 19.6. The molecular formula is C31H41NO10. The molecule has 0 bridgehead atoms. The molecule has 0 amide bonds. The molecule has 0 aliphatic carbocycles. The van der Waals surface area contributed by atoms with Crippen LogP contribution in [0.25, 0.3) is 0 Å². The molecule has 2 aromatic rings. The van der Waals surface area contributed by atoms with Crippen LogP contribution in [0.4, 0.5) is 9.59 Å². The molecule has 0 fully saturated rings. The van der Waals surface area contributed by atoms with Crippen molar-refractivity contribution in [2.45, 2.75) is 91.1 Å².